The summed E-state index contributed by atoms with van der Waals surface area (Å²) in [5.41, 5.74) is 1.52. The van der Waals surface area contributed by atoms with Crippen molar-refractivity contribution < 1.29 is 19.5 Å². The van der Waals surface area contributed by atoms with Crippen molar-refractivity contribution >= 4 is 23.5 Å². The first-order valence-electron chi connectivity index (χ1n) is 8.44. The summed E-state index contributed by atoms with van der Waals surface area (Å²) in [6.45, 7) is 0.329. The molecule has 1 atom stereocenters. The van der Waals surface area contributed by atoms with Crippen molar-refractivity contribution in [3.63, 3.8) is 0 Å². The molecule has 0 aliphatic carbocycles. The first kappa shape index (κ1) is 17.7. The Morgan fingerprint density at radius 1 is 1.04 bits per heavy atom. The van der Waals surface area contributed by atoms with Crippen molar-refractivity contribution in [1.29, 1.82) is 0 Å². The lowest BCUT2D eigenvalue weighted by atomic mass is 10.1. The molecule has 1 saturated heterocycles. The Morgan fingerprint density at radius 3 is 2.27 bits per heavy atom. The minimum atomic E-state index is -1.09. The highest BCUT2D eigenvalue weighted by Crippen LogP contribution is 2.25. The van der Waals surface area contributed by atoms with Gasteiger partial charge in [-0.2, -0.15) is 0 Å². The van der Waals surface area contributed by atoms with Crippen LogP contribution in [0.5, 0.6) is 0 Å². The zero-order chi connectivity index (χ0) is 18.5. The van der Waals surface area contributed by atoms with Crippen LogP contribution >= 0.6 is 0 Å². The van der Waals surface area contributed by atoms with E-state index in [0.717, 1.165) is 5.56 Å². The zero-order valence-corrected chi connectivity index (χ0v) is 14.2. The van der Waals surface area contributed by atoms with Crippen LogP contribution in [0, 0.1) is 5.92 Å². The number of carbonyl (C=O) groups excluding carboxylic acids is 2. The molecule has 1 unspecified atom stereocenters. The third-order valence-electron chi connectivity index (χ3n) is 4.41. The van der Waals surface area contributed by atoms with E-state index >= 15 is 0 Å². The molecule has 0 spiro atoms. The number of hydrogen-bond donors (Lipinski definition) is 1. The Hall–Kier alpha value is -3.15. The maximum Gasteiger partial charge on any atom is 0.323 e. The van der Waals surface area contributed by atoms with Crippen molar-refractivity contribution in [2.45, 2.75) is 13.0 Å². The van der Waals surface area contributed by atoms with Crippen LogP contribution in [0.3, 0.4) is 0 Å². The van der Waals surface area contributed by atoms with Crippen molar-refractivity contribution in [1.82, 2.24) is 4.90 Å². The average Bonchev–Trinajstić information content (AvgIpc) is 3.01. The van der Waals surface area contributed by atoms with Gasteiger partial charge in [0.15, 0.2) is 0 Å². The van der Waals surface area contributed by atoms with Crippen LogP contribution < -0.4 is 4.90 Å². The van der Waals surface area contributed by atoms with Crippen LogP contribution in [-0.2, 0) is 20.9 Å². The molecule has 1 aliphatic heterocycles. The normalized spacial score (nSPS) is 16.5. The van der Waals surface area contributed by atoms with Gasteiger partial charge in [0.1, 0.15) is 6.54 Å². The third-order valence-corrected chi connectivity index (χ3v) is 4.41. The number of likely N-dealkylation sites (tertiary alicyclic amines) is 1. The number of carboxylic acid groups (broad SMARTS) is 1. The maximum atomic E-state index is 12.9. The molecule has 26 heavy (non-hydrogen) atoms. The molecule has 134 valence electrons. The van der Waals surface area contributed by atoms with Gasteiger partial charge in [0.25, 0.3) is 0 Å². The smallest absolute Gasteiger partial charge is 0.323 e. The number of amides is 2. The molecule has 1 heterocycles. The highest BCUT2D eigenvalue weighted by atomic mass is 16.4. The quantitative estimate of drug-likeness (QED) is 0.864. The monoisotopic (exact) mass is 352 g/mol. The standard InChI is InChI=1S/C20H20N2O4/c23-18-11-16(13-21(18)12-15-7-3-1-4-8-15)20(26)22(14-19(24)25)17-9-5-2-6-10-17/h1-10,16H,11-14H2,(H,24,25). The predicted octanol–water partition coefficient (Wildman–Crippen LogP) is 2.15. The summed E-state index contributed by atoms with van der Waals surface area (Å²) < 4.78 is 0. The molecule has 1 aliphatic rings. The minimum absolute atomic E-state index is 0.0875. The summed E-state index contributed by atoms with van der Waals surface area (Å²) in [6.07, 6.45) is 0.106. The van der Waals surface area contributed by atoms with Crippen LogP contribution in [0.15, 0.2) is 60.7 Å². The van der Waals surface area contributed by atoms with Crippen molar-refractivity contribution in [2.75, 3.05) is 18.0 Å². The molecule has 2 aromatic rings. The molecule has 6 heteroatoms. The van der Waals surface area contributed by atoms with E-state index in [4.69, 9.17) is 5.11 Å². The van der Waals surface area contributed by atoms with Crippen LogP contribution in [-0.4, -0.2) is 40.9 Å². The van der Waals surface area contributed by atoms with Gasteiger partial charge in [-0.05, 0) is 17.7 Å². The summed E-state index contributed by atoms with van der Waals surface area (Å²) in [5.74, 6) is -2.04. The fourth-order valence-corrected chi connectivity index (χ4v) is 3.15. The molecular formula is C20H20N2O4. The topological polar surface area (TPSA) is 77.9 Å². The van der Waals surface area contributed by atoms with Gasteiger partial charge < -0.3 is 14.9 Å². The summed E-state index contributed by atoms with van der Waals surface area (Å²) in [6, 6.07) is 18.3. The number of para-hydroxylation sites is 1. The van der Waals surface area contributed by atoms with Crippen molar-refractivity contribution in [3.8, 4) is 0 Å². The zero-order valence-electron chi connectivity index (χ0n) is 14.2. The SMILES string of the molecule is O=C(O)CN(C(=O)C1CC(=O)N(Cc2ccccc2)C1)c1ccccc1. The summed E-state index contributed by atoms with van der Waals surface area (Å²) in [5, 5.41) is 9.16. The van der Waals surface area contributed by atoms with E-state index in [1.807, 2.05) is 30.3 Å². The van der Waals surface area contributed by atoms with Crippen LogP contribution in [0.4, 0.5) is 5.69 Å². The van der Waals surface area contributed by atoms with Gasteiger partial charge in [-0.25, -0.2) is 0 Å². The third kappa shape index (κ3) is 4.08. The maximum absolute atomic E-state index is 12.9. The second kappa shape index (κ2) is 7.82. The fraction of sp³-hybridized carbons (Fsp3) is 0.250. The summed E-state index contributed by atoms with van der Waals surface area (Å²) in [4.78, 5) is 39.3. The lowest BCUT2D eigenvalue weighted by molar-refractivity contribution is -0.137. The van der Waals surface area contributed by atoms with Gasteiger partial charge >= 0.3 is 5.97 Å². The van der Waals surface area contributed by atoms with Crippen LogP contribution in [0.1, 0.15) is 12.0 Å². The molecule has 3 rings (SSSR count). The predicted molar refractivity (Wildman–Crippen MR) is 96.4 cm³/mol. The Balaban J connectivity index is 1.73. The molecule has 2 aromatic carbocycles. The molecule has 0 aromatic heterocycles. The highest BCUT2D eigenvalue weighted by Gasteiger charge is 2.37. The molecule has 6 nitrogen and oxygen atoms in total. The number of hydrogen-bond acceptors (Lipinski definition) is 3. The van der Waals surface area contributed by atoms with Gasteiger partial charge in [0, 0.05) is 25.2 Å². The number of nitrogens with zero attached hydrogens (tertiary/aromatic N) is 2. The lowest BCUT2D eigenvalue weighted by Gasteiger charge is -2.24. The van der Waals surface area contributed by atoms with E-state index in [2.05, 4.69) is 0 Å². The van der Waals surface area contributed by atoms with E-state index in [9.17, 15) is 14.4 Å². The molecule has 1 N–H and O–H groups in total. The largest absolute Gasteiger partial charge is 0.480 e. The molecule has 1 fully saturated rings. The Kier molecular flexibility index (Phi) is 5.31. The van der Waals surface area contributed by atoms with Gasteiger partial charge in [-0.1, -0.05) is 48.5 Å². The summed E-state index contributed by atoms with van der Waals surface area (Å²) >= 11 is 0. The minimum Gasteiger partial charge on any atom is -0.480 e. The molecule has 0 radical (unpaired) electrons. The molecule has 2 amide bonds. The Bertz CT molecular complexity index is 792. The van der Waals surface area contributed by atoms with Gasteiger partial charge in [-0.15, -0.1) is 0 Å². The van der Waals surface area contributed by atoms with Gasteiger partial charge in [0.05, 0.1) is 5.92 Å². The number of benzene rings is 2. The number of carboxylic acids is 1. The average molecular weight is 352 g/mol. The van der Waals surface area contributed by atoms with Crippen molar-refractivity contribution in [3.05, 3.63) is 66.2 Å². The van der Waals surface area contributed by atoms with Crippen molar-refractivity contribution in [2.24, 2.45) is 5.92 Å². The second-order valence-electron chi connectivity index (χ2n) is 6.31. The van der Waals surface area contributed by atoms with Gasteiger partial charge in [0.2, 0.25) is 11.8 Å². The van der Waals surface area contributed by atoms with Gasteiger partial charge in [-0.3, -0.25) is 14.4 Å². The number of anilines is 1. The Morgan fingerprint density at radius 2 is 1.65 bits per heavy atom. The van der Waals surface area contributed by atoms with Crippen LogP contribution in [0.25, 0.3) is 0 Å². The first-order valence-corrected chi connectivity index (χ1v) is 8.44. The molecule has 0 saturated carbocycles. The Labute approximate surface area is 151 Å². The molecule has 0 bridgehead atoms. The van der Waals surface area contributed by atoms with E-state index in [0.29, 0.717) is 18.8 Å². The van der Waals surface area contributed by atoms with E-state index in [1.54, 1.807) is 35.2 Å². The number of rotatable bonds is 6. The number of aliphatic carboxylic acids is 1. The van der Waals surface area contributed by atoms with E-state index in [-0.39, 0.29) is 18.2 Å². The fourth-order valence-electron chi connectivity index (χ4n) is 3.15. The second-order valence-corrected chi connectivity index (χ2v) is 6.31. The van der Waals surface area contributed by atoms with E-state index < -0.39 is 18.4 Å². The van der Waals surface area contributed by atoms with Crippen LogP contribution in [0.2, 0.25) is 0 Å². The van der Waals surface area contributed by atoms with E-state index in [1.165, 1.54) is 4.90 Å². The molecular weight excluding hydrogens is 332 g/mol. The lowest BCUT2D eigenvalue weighted by Crippen LogP contribution is -2.40. The number of carbonyl (C=O) groups is 3. The highest BCUT2D eigenvalue weighted by molar-refractivity contribution is 6.01. The first-order chi connectivity index (χ1) is 12.5. The summed E-state index contributed by atoms with van der Waals surface area (Å²) in [7, 11) is 0.